The van der Waals surface area contributed by atoms with E-state index in [1.807, 2.05) is 0 Å². The summed E-state index contributed by atoms with van der Waals surface area (Å²) in [5.74, 6) is -2.15. The summed E-state index contributed by atoms with van der Waals surface area (Å²) in [5, 5.41) is 2.77. The number of amides is 2. The Morgan fingerprint density at radius 2 is 1.89 bits per heavy atom. The van der Waals surface area contributed by atoms with Gasteiger partial charge in [-0.1, -0.05) is 12.1 Å². The SMILES string of the molecule is CCOC(=O)c1c(NC(=O)c2ccccc2F)sc(C(=O)N2CCCC2)c1C. The van der Waals surface area contributed by atoms with Crippen LogP contribution < -0.4 is 5.32 Å². The minimum atomic E-state index is -0.690. The molecule has 2 aromatic rings. The number of halogens is 1. The van der Waals surface area contributed by atoms with Crippen LogP contribution in [-0.2, 0) is 4.74 Å². The first-order valence-corrected chi connectivity index (χ1v) is 9.91. The average Bonchev–Trinajstić information content (AvgIpc) is 3.30. The van der Waals surface area contributed by atoms with Gasteiger partial charge in [0.05, 0.1) is 22.6 Å². The lowest BCUT2D eigenvalue weighted by Gasteiger charge is -2.14. The molecule has 0 aliphatic carbocycles. The third-order valence-corrected chi connectivity index (χ3v) is 5.75. The van der Waals surface area contributed by atoms with Crippen molar-refractivity contribution in [3.63, 3.8) is 0 Å². The number of nitrogens with one attached hydrogen (secondary N) is 1. The summed E-state index contributed by atoms with van der Waals surface area (Å²) in [6.07, 6.45) is 1.88. The predicted molar refractivity (Wildman–Crippen MR) is 105 cm³/mol. The van der Waals surface area contributed by atoms with Gasteiger partial charge in [0.15, 0.2) is 0 Å². The Morgan fingerprint density at radius 1 is 1.21 bits per heavy atom. The zero-order valence-corrected chi connectivity index (χ0v) is 16.5. The predicted octanol–water partition coefficient (Wildman–Crippen LogP) is 3.86. The molecule has 0 atom stereocenters. The van der Waals surface area contributed by atoms with Crippen molar-refractivity contribution in [2.24, 2.45) is 0 Å². The van der Waals surface area contributed by atoms with Crippen LogP contribution in [0.3, 0.4) is 0 Å². The van der Waals surface area contributed by atoms with Crippen LogP contribution in [0.1, 0.15) is 55.7 Å². The van der Waals surface area contributed by atoms with Crippen molar-refractivity contribution in [1.29, 1.82) is 0 Å². The topological polar surface area (TPSA) is 75.7 Å². The van der Waals surface area contributed by atoms with Crippen LogP contribution in [0.4, 0.5) is 9.39 Å². The van der Waals surface area contributed by atoms with Gasteiger partial charge in [-0.15, -0.1) is 11.3 Å². The van der Waals surface area contributed by atoms with Gasteiger partial charge in [0, 0.05) is 13.1 Å². The summed E-state index contributed by atoms with van der Waals surface area (Å²) in [7, 11) is 0. The molecule has 2 amide bonds. The zero-order chi connectivity index (χ0) is 20.3. The molecule has 8 heteroatoms. The Bertz CT molecular complexity index is 919. The number of carbonyl (C=O) groups is 3. The van der Waals surface area contributed by atoms with Gasteiger partial charge < -0.3 is 15.0 Å². The molecule has 1 saturated heterocycles. The summed E-state index contributed by atoms with van der Waals surface area (Å²) >= 11 is 1.02. The number of rotatable bonds is 5. The van der Waals surface area contributed by atoms with E-state index in [4.69, 9.17) is 4.74 Å². The van der Waals surface area contributed by atoms with Crippen LogP contribution in [0.2, 0.25) is 0 Å². The monoisotopic (exact) mass is 404 g/mol. The highest BCUT2D eigenvalue weighted by atomic mass is 32.1. The smallest absolute Gasteiger partial charge is 0.341 e. The van der Waals surface area contributed by atoms with Crippen LogP contribution in [0, 0.1) is 12.7 Å². The van der Waals surface area contributed by atoms with Crippen molar-refractivity contribution in [2.45, 2.75) is 26.7 Å². The number of benzene rings is 1. The molecule has 0 radical (unpaired) electrons. The van der Waals surface area contributed by atoms with Crippen LogP contribution >= 0.6 is 11.3 Å². The molecule has 0 saturated carbocycles. The normalized spacial score (nSPS) is 13.5. The van der Waals surface area contributed by atoms with Gasteiger partial charge in [-0.3, -0.25) is 9.59 Å². The third kappa shape index (κ3) is 3.91. The Labute approximate surface area is 166 Å². The van der Waals surface area contributed by atoms with E-state index in [0.29, 0.717) is 23.5 Å². The van der Waals surface area contributed by atoms with Gasteiger partial charge in [0.2, 0.25) is 0 Å². The van der Waals surface area contributed by atoms with Gasteiger partial charge in [0.1, 0.15) is 10.8 Å². The van der Waals surface area contributed by atoms with Crippen LogP contribution in [-0.4, -0.2) is 42.4 Å². The highest BCUT2D eigenvalue weighted by Gasteiger charge is 2.30. The van der Waals surface area contributed by atoms with E-state index >= 15 is 0 Å². The van der Waals surface area contributed by atoms with Crippen molar-refractivity contribution in [1.82, 2.24) is 4.90 Å². The number of ether oxygens (including phenoxy) is 1. The fraction of sp³-hybridized carbons (Fsp3) is 0.350. The molecule has 1 aliphatic heterocycles. The highest BCUT2D eigenvalue weighted by Crippen LogP contribution is 2.35. The largest absolute Gasteiger partial charge is 0.462 e. The second kappa shape index (κ2) is 8.52. The van der Waals surface area contributed by atoms with Gasteiger partial charge in [-0.05, 0) is 44.4 Å². The van der Waals surface area contributed by atoms with Crippen LogP contribution in [0.5, 0.6) is 0 Å². The molecule has 1 aromatic carbocycles. The van der Waals surface area contributed by atoms with E-state index in [9.17, 15) is 18.8 Å². The van der Waals surface area contributed by atoms with Gasteiger partial charge in [-0.2, -0.15) is 0 Å². The highest BCUT2D eigenvalue weighted by molar-refractivity contribution is 7.18. The molecule has 148 valence electrons. The van der Waals surface area contributed by atoms with E-state index in [2.05, 4.69) is 5.32 Å². The van der Waals surface area contributed by atoms with Gasteiger partial charge in [0.25, 0.3) is 11.8 Å². The number of nitrogens with zero attached hydrogens (tertiary/aromatic N) is 1. The lowest BCUT2D eigenvalue weighted by atomic mass is 10.1. The summed E-state index contributed by atoms with van der Waals surface area (Å²) in [6.45, 7) is 4.83. The maximum Gasteiger partial charge on any atom is 0.341 e. The van der Waals surface area contributed by atoms with Crippen molar-refractivity contribution < 1.29 is 23.5 Å². The first-order valence-electron chi connectivity index (χ1n) is 9.09. The van der Waals surface area contributed by atoms with Gasteiger partial charge >= 0.3 is 5.97 Å². The van der Waals surface area contributed by atoms with Crippen molar-refractivity contribution in [2.75, 3.05) is 25.0 Å². The second-order valence-electron chi connectivity index (χ2n) is 6.41. The molecule has 0 bridgehead atoms. The Kier molecular flexibility index (Phi) is 6.08. The number of esters is 1. The summed E-state index contributed by atoms with van der Waals surface area (Å²) in [4.78, 5) is 39.9. The van der Waals surface area contributed by atoms with Gasteiger partial charge in [-0.25, -0.2) is 9.18 Å². The molecule has 1 aliphatic rings. The van der Waals surface area contributed by atoms with Crippen LogP contribution in [0.25, 0.3) is 0 Å². The third-order valence-electron chi connectivity index (χ3n) is 4.56. The molecule has 2 heterocycles. The number of likely N-dealkylation sites (tertiary alicyclic amines) is 1. The van der Waals surface area contributed by atoms with E-state index in [1.165, 1.54) is 18.2 Å². The summed E-state index contributed by atoms with van der Waals surface area (Å²) < 4.78 is 19.0. The first-order chi connectivity index (χ1) is 13.4. The van der Waals surface area contributed by atoms with Crippen molar-refractivity contribution in [3.8, 4) is 0 Å². The molecule has 0 unspecified atom stereocenters. The Balaban J connectivity index is 1.97. The number of thiophene rings is 1. The quantitative estimate of drug-likeness (QED) is 0.768. The minimum Gasteiger partial charge on any atom is -0.462 e. The molecule has 0 spiro atoms. The van der Waals surface area contributed by atoms with Crippen molar-refractivity contribution in [3.05, 3.63) is 51.7 Å². The number of hydrogen-bond acceptors (Lipinski definition) is 5. The first kappa shape index (κ1) is 20.0. The van der Waals surface area contributed by atoms with Crippen LogP contribution in [0.15, 0.2) is 24.3 Å². The Hall–Kier alpha value is -2.74. The summed E-state index contributed by atoms with van der Waals surface area (Å²) in [6, 6.07) is 5.57. The molecule has 1 fully saturated rings. The average molecular weight is 404 g/mol. The molecular formula is C20H21FN2O4S. The number of anilines is 1. The molecule has 6 nitrogen and oxygen atoms in total. The zero-order valence-electron chi connectivity index (χ0n) is 15.7. The lowest BCUT2D eigenvalue weighted by Crippen LogP contribution is -2.27. The molecule has 1 N–H and O–H groups in total. The molecule has 28 heavy (non-hydrogen) atoms. The standard InChI is InChI=1S/C20H21FN2O4S/c1-3-27-20(26)15-12(2)16(19(25)23-10-6-7-11-23)28-18(15)22-17(24)13-8-4-5-9-14(13)21/h4-5,8-9H,3,6-7,10-11H2,1-2H3,(H,22,24). The second-order valence-corrected chi connectivity index (χ2v) is 7.43. The molecular weight excluding hydrogens is 383 g/mol. The number of carbonyl (C=O) groups excluding carboxylic acids is 3. The van der Waals surface area contributed by atoms with E-state index in [0.717, 1.165) is 24.2 Å². The van der Waals surface area contributed by atoms with E-state index < -0.39 is 17.7 Å². The summed E-state index contributed by atoms with van der Waals surface area (Å²) in [5.41, 5.74) is 0.457. The lowest BCUT2D eigenvalue weighted by molar-refractivity contribution is 0.0527. The fourth-order valence-corrected chi connectivity index (χ4v) is 4.29. The molecule has 1 aromatic heterocycles. The van der Waals surface area contributed by atoms with E-state index in [-0.39, 0.29) is 28.6 Å². The maximum atomic E-state index is 13.9. The maximum absolute atomic E-state index is 13.9. The number of hydrogen-bond donors (Lipinski definition) is 1. The Morgan fingerprint density at radius 3 is 2.54 bits per heavy atom. The molecule has 3 rings (SSSR count). The fourth-order valence-electron chi connectivity index (χ4n) is 3.13. The van der Waals surface area contributed by atoms with E-state index in [1.54, 1.807) is 24.8 Å². The van der Waals surface area contributed by atoms with Crippen molar-refractivity contribution >= 4 is 34.1 Å². The minimum absolute atomic E-state index is 0.138.